The number of hydrogen-bond acceptors (Lipinski definition) is 4. The molecule has 0 radical (unpaired) electrons. The minimum atomic E-state index is -0.358. The maximum Gasteiger partial charge on any atom is 0.338 e. The maximum absolute atomic E-state index is 11.5. The second-order valence-electron chi connectivity index (χ2n) is 3.32. The van der Waals surface area contributed by atoms with Gasteiger partial charge in [0.2, 0.25) is 0 Å². The van der Waals surface area contributed by atoms with Crippen molar-refractivity contribution in [3.05, 3.63) is 23.8 Å². The second kappa shape index (κ2) is 6.00. The van der Waals surface area contributed by atoms with Crippen LogP contribution in [0.4, 0.5) is 5.69 Å². The van der Waals surface area contributed by atoms with E-state index in [0.717, 1.165) is 6.42 Å². The molecule has 4 nitrogen and oxygen atoms in total. The maximum atomic E-state index is 11.5. The van der Waals surface area contributed by atoms with Gasteiger partial charge in [0, 0.05) is 0 Å². The Morgan fingerprint density at radius 1 is 1.38 bits per heavy atom. The molecule has 0 aromatic heterocycles. The van der Waals surface area contributed by atoms with Crippen LogP contribution in [0.1, 0.15) is 30.6 Å². The fraction of sp³-hybridized carbons (Fsp3) is 0.417. The van der Waals surface area contributed by atoms with Gasteiger partial charge >= 0.3 is 5.97 Å². The minimum absolute atomic E-state index is 0.356. The van der Waals surface area contributed by atoms with Crippen LogP contribution in [0.15, 0.2) is 18.2 Å². The van der Waals surface area contributed by atoms with Crippen molar-refractivity contribution in [1.29, 1.82) is 0 Å². The highest BCUT2D eigenvalue weighted by Gasteiger charge is 2.09. The molecule has 0 fully saturated rings. The van der Waals surface area contributed by atoms with Gasteiger partial charge in [-0.05, 0) is 31.5 Å². The first-order chi connectivity index (χ1) is 7.69. The van der Waals surface area contributed by atoms with Crippen molar-refractivity contribution >= 4 is 11.7 Å². The van der Waals surface area contributed by atoms with Gasteiger partial charge in [-0.2, -0.15) is 0 Å². The van der Waals surface area contributed by atoms with E-state index >= 15 is 0 Å². The molecule has 2 N–H and O–H groups in total. The fourth-order valence-electron chi connectivity index (χ4n) is 1.21. The molecule has 16 heavy (non-hydrogen) atoms. The molecule has 88 valence electrons. The third-order valence-electron chi connectivity index (χ3n) is 1.99. The lowest BCUT2D eigenvalue weighted by Crippen LogP contribution is -2.06. The molecular weight excluding hydrogens is 206 g/mol. The van der Waals surface area contributed by atoms with Gasteiger partial charge in [-0.1, -0.05) is 6.92 Å². The Kier molecular flexibility index (Phi) is 4.64. The highest BCUT2D eigenvalue weighted by Crippen LogP contribution is 2.23. The summed E-state index contributed by atoms with van der Waals surface area (Å²) in [4.78, 5) is 11.5. The van der Waals surface area contributed by atoms with Crippen LogP contribution < -0.4 is 10.5 Å². The number of benzene rings is 1. The van der Waals surface area contributed by atoms with E-state index in [0.29, 0.717) is 30.2 Å². The first-order valence-electron chi connectivity index (χ1n) is 5.38. The van der Waals surface area contributed by atoms with Gasteiger partial charge in [0.25, 0.3) is 0 Å². The molecule has 0 bridgehead atoms. The third-order valence-corrected chi connectivity index (χ3v) is 1.99. The number of carbonyl (C=O) groups is 1. The normalized spacial score (nSPS) is 9.88. The molecule has 0 aliphatic rings. The molecule has 0 aliphatic carbocycles. The number of ether oxygens (including phenoxy) is 2. The Morgan fingerprint density at radius 2 is 2.12 bits per heavy atom. The quantitative estimate of drug-likeness (QED) is 0.614. The summed E-state index contributed by atoms with van der Waals surface area (Å²) in [7, 11) is 0. The van der Waals surface area contributed by atoms with E-state index in [1.165, 1.54) is 0 Å². The van der Waals surface area contributed by atoms with Crippen LogP contribution in [0.3, 0.4) is 0 Å². The van der Waals surface area contributed by atoms with Gasteiger partial charge in [-0.3, -0.25) is 0 Å². The van der Waals surface area contributed by atoms with Crippen LogP contribution in [0.5, 0.6) is 5.75 Å². The Balaban J connectivity index is 2.84. The molecule has 0 spiro atoms. The molecule has 0 unspecified atom stereocenters. The van der Waals surface area contributed by atoms with Crippen molar-refractivity contribution in [2.24, 2.45) is 0 Å². The van der Waals surface area contributed by atoms with Crippen molar-refractivity contribution in [1.82, 2.24) is 0 Å². The molecular formula is C12H17NO3. The largest absolute Gasteiger partial charge is 0.491 e. The summed E-state index contributed by atoms with van der Waals surface area (Å²) in [6.07, 6.45) is 0.892. The molecule has 1 aromatic rings. The Morgan fingerprint density at radius 3 is 2.75 bits per heavy atom. The third kappa shape index (κ3) is 3.15. The Bertz CT molecular complexity index is 363. The standard InChI is InChI=1S/C12H17NO3/c1-3-7-16-11-8-9(5-6-10(11)13)12(14)15-4-2/h5-6,8H,3-4,7,13H2,1-2H3. The Labute approximate surface area is 95.3 Å². The summed E-state index contributed by atoms with van der Waals surface area (Å²) >= 11 is 0. The summed E-state index contributed by atoms with van der Waals surface area (Å²) in [5.74, 6) is 0.177. The van der Waals surface area contributed by atoms with E-state index < -0.39 is 0 Å². The molecule has 0 heterocycles. The number of carbonyl (C=O) groups excluding carboxylic acids is 1. The lowest BCUT2D eigenvalue weighted by Gasteiger charge is -2.09. The second-order valence-corrected chi connectivity index (χ2v) is 3.32. The van der Waals surface area contributed by atoms with Crippen molar-refractivity contribution in [3.63, 3.8) is 0 Å². The highest BCUT2D eigenvalue weighted by molar-refractivity contribution is 5.90. The predicted molar refractivity (Wildman–Crippen MR) is 62.6 cm³/mol. The number of esters is 1. The first kappa shape index (κ1) is 12.4. The zero-order valence-electron chi connectivity index (χ0n) is 9.66. The zero-order chi connectivity index (χ0) is 12.0. The molecule has 0 saturated carbocycles. The summed E-state index contributed by atoms with van der Waals surface area (Å²) in [6, 6.07) is 4.90. The number of nitrogen functional groups attached to an aromatic ring is 1. The molecule has 4 heteroatoms. The van der Waals surface area contributed by atoms with Gasteiger partial charge in [0.05, 0.1) is 24.5 Å². The molecule has 1 rings (SSSR count). The predicted octanol–water partition coefficient (Wildman–Crippen LogP) is 2.23. The van der Waals surface area contributed by atoms with E-state index in [-0.39, 0.29) is 5.97 Å². The van der Waals surface area contributed by atoms with Crippen molar-refractivity contribution in [2.75, 3.05) is 18.9 Å². The highest BCUT2D eigenvalue weighted by atomic mass is 16.5. The number of nitrogens with two attached hydrogens (primary N) is 1. The lowest BCUT2D eigenvalue weighted by atomic mass is 10.2. The first-order valence-corrected chi connectivity index (χ1v) is 5.38. The summed E-state index contributed by atoms with van der Waals surface area (Å²) in [5.41, 5.74) is 6.72. The van der Waals surface area contributed by atoms with E-state index in [1.807, 2.05) is 6.92 Å². The average Bonchev–Trinajstić information content (AvgIpc) is 2.28. The molecule has 0 amide bonds. The van der Waals surface area contributed by atoms with Crippen LogP contribution in [0, 0.1) is 0 Å². The van der Waals surface area contributed by atoms with Crippen LogP contribution in [-0.2, 0) is 4.74 Å². The molecule has 1 aromatic carbocycles. The van der Waals surface area contributed by atoms with Gasteiger partial charge < -0.3 is 15.2 Å². The topological polar surface area (TPSA) is 61.5 Å². The van der Waals surface area contributed by atoms with Crippen LogP contribution in [0.25, 0.3) is 0 Å². The number of anilines is 1. The van der Waals surface area contributed by atoms with E-state index in [1.54, 1.807) is 25.1 Å². The number of rotatable bonds is 5. The van der Waals surface area contributed by atoms with Crippen LogP contribution in [-0.4, -0.2) is 19.2 Å². The van der Waals surface area contributed by atoms with Crippen molar-refractivity contribution in [2.45, 2.75) is 20.3 Å². The number of hydrogen-bond donors (Lipinski definition) is 1. The van der Waals surface area contributed by atoms with Gasteiger partial charge in [-0.25, -0.2) is 4.79 Å². The average molecular weight is 223 g/mol. The van der Waals surface area contributed by atoms with Crippen molar-refractivity contribution in [3.8, 4) is 5.75 Å². The molecule has 0 aliphatic heterocycles. The van der Waals surface area contributed by atoms with Gasteiger partial charge in [-0.15, -0.1) is 0 Å². The lowest BCUT2D eigenvalue weighted by molar-refractivity contribution is 0.0526. The van der Waals surface area contributed by atoms with E-state index in [2.05, 4.69) is 0 Å². The molecule has 0 atom stereocenters. The smallest absolute Gasteiger partial charge is 0.338 e. The van der Waals surface area contributed by atoms with Gasteiger partial charge in [0.1, 0.15) is 5.75 Å². The fourth-order valence-corrected chi connectivity index (χ4v) is 1.21. The Hall–Kier alpha value is -1.71. The monoisotopic (exact) mass is 223 g/mol. The van der Waals surface area contributed by atoms with Crippen molar-refractivity contribution < 1.29 is 14.3 Å². The van der Waals surface area contributed by atoms with Crippen LogP contribution >= 0.6 is 0 Å². The summed E-state index contributed by atoms with van der Waals surface area (Å²) in [6.45, 7) is 4.71. The van der Waals surface area contributed by atoms with E-state index in [9.17, 15) is 4.79 Å². The summed E-state index contributed by atoms with van der Waals surface area (Å²) in [5, 5.41) is 0. The summed E-state index contributed by atoms with van der Waals surface area (Å²) < 4.78 is 10.3. The zero-order valence-corrected chi connectivity index (χ0v) is 9.66. The SMILES string of the molecule is CCCOc1cc(C(=O)OCC)ccc1N. The van der Waals surface area contributed by atoms with Gasteiger partial charge in [0.15, 0.2) is 0 Å². The van der Waals surface area contributed by atoms with Crippen LogP contribution in [0.2, 0.25) is 0 Å². The molecule has 0 saturated heterocycles. The van der Waals surface area contributed by atoms with E-state index in [4.69, 9.17) is 15.2 Å². The minimum Gasteiger partial charge on any atom is -0.491 e.